The largest absolute Gasteiger partial charge is 0.289 e. The highest BCUT2D eigenvalue weighted by Gasteiger charge is 2.14. The van der Waals surface area contributed by atoms with Gasteiger partial charge < -0.3 is 0 Å². The Morgan fingerprint density at radius 1 is 0.895 bits per heavy atom. The number of carbonyl (C=O) groups excluding carboxylic acids is 1. The van der Waals surface area contributed by atoms with Crippen molar-refractivity contribution in [1.82, 2.24) is 0 Å². The van der Waals surface area contributed by atoms with Gasteiger partial charge in [0.15, 0.2) is 5.78 Å². The Balaban J connectivity index is 0.000000861. The van der Waals surface area contributed by atoms with Crippen LogP contribution in [0, 0.1) is 0 Å². The molecule has 0 aromatic heterocycles. The quantitative estimate of drug-likeness (QED) is 0.496. The minimum Gasteiger partial charge on any atom is -0.289 e. The van der Waals surface area contributed by atoms with Crippen LogP contribution in [0.2, 0.25) is 0 Å². The Hall–Kier alpha value is -1.97. The molecule has 0 bridgehead atoms. The molecule has 2 aromatic carbocycles. The second kappa shape index (κ2) is 7.46. The molecule has 0 fully saturated rings. The number of hydrogen-bond donors (Lipinski definition) is 2. The van der Waals surface area contributed by atoms with Crippen molar-refractivity contribution in [2.75, 3.05) is 0 Å². The molecular formula is C16H18O3. The van der Waals surface area contributed by atoms with Crippen LogP contribution < -0.4 is 0 Å². The Bertz CT molecular complexity index is 519. The van der Waals surface area contributed by atoms with Gasteiger partial charge in [-0.2, -0.15) is 0 Å². The van der Waals surface area contributed by atoms with E-state index in [1.54, 1.807) is 0 Å². The average Bonchev–Trinajstić information content (AvgIpc) is 2.49. The van der Waals surface area contributed by atoms with Gasteiger partial charge in [-0.15, -0.1) is 0 Å². The van der Waals surface area contributed by atoms with Crippen LogP contribution in [-0.2, 0) is 0 Å². The average molecular weight is 258 g/mol. The van der Waals surface area contributed by atoms with Gasteiger partial charge in [-0.05, 0) is 11.5 Å². The van der Waals surface area contributed by atoms with Crippen LogP contribution in [0.1, 0.15) is 41.3 Å². The van der Waals surface area contributed by atoms with Crippen molar-refractivity contribution in [2.45, 2.75) is 19.8 Å². The monoisotopic (exact) mass is 258 g/mol. The van der Waals surface area contributed by atoms with Crippen molar-refractivity contribution >= 4 is 5.78 Å². The van der Waals surface area contributed by atoms with Crippen LogP contribution in [0.15, 0.2) is 54.6 Å². The van der Waals surface area contributed by atoms with Crippen molar-refractivity contribution < 1.29 is 15.3 Å². The van der Waals surface area contributed by atoms with E-state index >= 15 is 0 Å². The first-order valence-corrected chi connectivity index (χ1v) is 6.09. The summed E-state index contributed by atoms with van der Waals surface area (Å²) in [5.74, 6) is 0.466. The molecule has 0 radical (unpaired) electrons. The van der Waals surface area contributed by atoms with Gasteiger partial charge in [-0.25, -0.2) is 0 Å². The highest BCUT2D eigenvalue weighted by molar-refractivity contribution is 6.09. The maximum Gasteiger partial charge on any atom is 0.193 e. The lowest BCUT2D eigenvalue weighted by molar-refractivity contribution is -0.176. The zero-order chi connectivity index (χ0) is 14.3. The van der Waals surface area contributed by atoms with Crippen LogP contribution in [0.4, 0.5) is 0 Å². The molecule has 100 valence electrons. The van der Waals surface area contributed by atoms with E-state index in [2.05, 4.69) is 13.8 Å². The number of ketones is 1. The summed E-state index contributed by atoms with van der Waals surface area (Å²) in [6.07, 6.45) is 0. The number of rotatable bonds is 3. The summed E-state index contributed by atoms with van der Waals surface area (Å²) in [4.78, 5) is 12.4. The van der Waals surface area contributed by atoms with Crippen molar-refractivity contribution in [3.8, 4) is 0 Å². The van der Waals surface area contributed by atoms with Gasteiger partial charge in [0.05, 0.1) is 0 Å². The first kappa shape index (κ1) is 15.1. The summed E-state index contributed by atoms with van der Waals surface area (Å²) >= 11 is 0. The maximum absolute atomic E-state index is 12.4. The highest BCUT2D eigenvalue weighted by atomic mass is 17.0. The van der Waals surface area contributed by atoms with Crippen molar-refractivity contribution in [3.05, 3.63) is 71.3 Å². The molecule has 3 heteroatoms. The standard InChI is InChI=1S/C16H16O.H2O2/c1-12(2)14-10-6-7-11-15(14)16(17)13-8-4-3-5-9-13;1-2/h3-12H,1-2H3;1-2H. The molecule has 2 rings (SSSR count). The van der Waals surface area contributed by atoms with E-state index in [-0.39, 0.29) is 5.78 Å². The minimum atomic E-state index is 0.106. The fraction of sp³-hybridized carbons (Fsp3) is 0.188. The predicted octanol–water partition coefficient (Wildman–Crippen LogP) is 4.06. The molecule has 0 saturated heterocycles. The molecule has 3 nitrogen and oxygen atoms in total. The summed E-state index contributed by atoms with van der Waals surface area (Å²) in [5, 5.41) is 12.0. The minimum absolute atomic E-state index is 0.106. The molecule has 0 unspecified atom stereocenters. The molecule has 0 saturated carbocycles. The molecule has 0 aliphatic carbocycles. The summed E-state index contributed by atoms with van der Waals surface area (Å²) in [6, 6.07) is 17.3. The summed E-state index contributed by atoms with van der Waals surface area (Å²) in [5.41, 5.74) is 2.68. The van der Waals surface area contributed by atoms with E-state index < -0.39 is 0 Å². The van der Waals surface area contributed by atoms with Crippen LogP contribution in [-0.4, -0.2) is 16.3 Å². The SMILES string of the molecule is CC(C)c1ccccc1C(=O)c1ccccc1.OO. The van der Waals surface area contributed by atoms with E-state index in [4.69, 9.17) is 10.5 Å². The Morgan fingerprint density at radius 3 is 2.00 bits per heavy atom. The van der Waals surface area contributed by atoms with Gasteiger partial charge in [0.2, 0.25) is 0 Å². The molecule has 0 heterocycles. The molecule has 0 atom stereocenters. The first-order chi connectivity index (χ1) is 9.20. The fourth-order valence-corrected chi connectivity index (χ4v) is 1.95. The number of hydrogen-bond acceptors (Lipinski definition) is 3. The molecule has 0 aliphatic rings. The van der Waals surface area contributed by atoms with E-state index in [1.165, 1.54) is 0 Å². The first-order valence-electron chi connectivity index (χ1n) is 6.09. The molecule has 0 aliphatic heterocycles. The summed E-state index contributed by atoms with van der Waals surface area (Å²) < 4.78 is 0. The van der Waals surface area contributed by atoms with Gasteiger partial charge in [-0.3, -0.25) is 15.3 Å². The zero-order valence-corrected chi connectivity index (χ0v) is 11.1. The van der Waals surface area contributed by atoms with Gasteiger partial charge in [0.1, 0.15) is 0 Å². The number of carbonyl (C=O) groups is 1. The lowest BCUT2D eigenvalue weighted by Gasteiger charge is -2.11. The zero-order valence-electron chi connectivity index (χ0n) is 11.1. The molecule has 0 amide bonds. The smallest absolute Gasteiger partial charge is 0.193 e. The van der Waals surface area contributed by atoms with Crippen molar-refractivity contribution in [2.24, 2.45) is 0 Å². The van der Waals surface area contributed by atoms with Gasteiger partial charge >= 0.3 is 0 Å². The Morgan fingerprint density at radius 2 is 1.42 bits per heavy atom. The van der Waals surface area contributed by atoms with Crippen LogP contribution in [0.25, 0.3) is 0 Å². The molecule has 0 spiro atoms. The second-order valence-electron chi connectivity index (χ2n) is 4.44. The summed E-state index contributed by atoms with van der Waals surface area (Å²) in [6.45, 7) is 4.22. The van der Waals surface area contributed by atoms with Gasteiger partial charge in [0.25, 0.3) is 0 Å². The third-order valence-corrected chi connectivity index (χ3v) is 2.86. The topological polar surface area (TPSA) is 57.5 Å². The lowest BCUT2D eigenvalue weighted by atomic mass is 9.92. The van der Waals surface area contributed by atoms with Crippen LogP contribution in [0.5, 0.6) is 0 Å². The second-order valence-corrected chi connectivity index (χ2v) is 4.44. The normalized spacial score (nSPS) is 9.74. The predicted molar refractivity (Wildman–Crippen MR) is 75.7 cm³/mol. The highest BCUT2D eigenvalue weighted by Crippen LogP contribution is 2.21. The van der Waals surface area contributed by atoms with E-state index in [9.17, 15) is 4.79 Å². The van der Waals surface area contributed by atoms with Crippen molar-refractivity contribution in [3.63, 3.8) is 0 Å². The third kappa shape index (κ3) is 3.74. The molecule has 19 heavy (non-hydrogen) atoms. The van der Waals surface area contributed by atoms with Crippen molar-refractivity contribution in [1.29, 1.82) is 0 Å². The fourth-order valence-electron chi connectivity index (χ4n) is 1.95. The van der Waals surface area contributed by atoms with Crippen LogP contribution >= 0.6 is 0 Å². The number of benzene rings is 2. The van der Waals surface area contributed by atoms with Gasteiger partial charge in [-0.1, -0.05) is 68.4 Å². The van der Waals surface area contributed by atoms with Crippen LogP contribution in [0.3, 0.4) is 0 Å². The van der Waals surface area contributed by atoms with Gasteiger partial charge in [0, 0.05) is 11.1 Å². The summed E-state index contributed by atoms with van der Waals surface area (Å²) in [7, 11) is 0. The lowest BCUT2D eigenvalue weighted by Crippen LogP contribution is -2.06. The molecule has 2 N–H and O–H groups in total. The maximum atomic E-state index is 12.4. The Labute approximate surface area is 113 Å². The molecular weight excluding hydrogens is 240 g/mol. The third-order valence-electron chi connectivity index (χ3n) is 2.86. The van der Waals surface area contributed by atoms with E-state index in [0.29, 0.717) is 5.92 Å². The Kier molecular flexibility index (Phi) is 5.93. The molecule has 2 aromatic rings. The van der Waals surface area contributed by atoms with E-state index in [1.807, 2.05) is 54.6 Å². The van der Waals surface area contributed by atoms with E-state index in [0.717, 1.165) is 16.7 Å².